The van der Waals surface area contributed by atoms with Gasteiger partial charge in [0, 0.05) is 5.82 Å². The minimum atomic E-state index is -1.86. The number of hydrogen-bond donors (Lipinski definition) is 4. The van der Waals surface area contributed by atoms with E-state index in [0.717, 1.165) is 0 Å². The highest BCUT2D eigenvalue weighted by Gasteiger charge is 2.55. The molecule has 0 heterocycles. The number of rotatable bonds is 6. The number of hydrogen-bond acceptors (Lipinski definition) is 4. The van der Waals surface area contributed by atoms with Crippen LogP contribution in [0.25, 0.3) is 0 Å². The monoisotopic (exact) mass is 346 g/mol. The topological polar surface area (TPSA) is 80.9 Å². The molecule has 3 aromatic rings. The fourth-order valence-corrected chi connectivity index (χ4v) is 3.74. The van der Waals surface area contributed by atoms with E-state index < -0.39 is 25.4 Å². The smallest absolute Gasteiger partial charge is 0.427 e. The van der Waals surface area contributed by atoms with Crippen LogP contribution in [0.3, 0.4) is 0 Å². The van der Waals surface area contributed by atoms with Gasteiger partial charge in [-0.25, -0.2) is 0 Å². The Hall–Kier alpha value is -2.37. The first-order valence-corrected chi connectivity index (χ1v) is 8.46. The lowest BCUT2D eigenvalue weighted by molar-refractivity contribution is 0.321. The van der Waals surface area contributed by atoms with Crippen molar-refractivity contribution >= 4 is 14.2 Å². The molecule has 1 unspecified atom stereocenters. The summed E-state index contributed by atoms with van der Waals surface area (Å²) < 4.78 is 0. The summed E-state index contributed by atoms with van der Waals surface area (Å²) in [5.74, 6) is -0.992. The van der Waals surface area contributed by atoms with E-state index in [0.29, 0.717) is 16.7 Å². The average Bonchev–Trinajstić information content (AvgIpc) is 2.67. The quantitative estimate of drug-likeness (QED) is 0.513. The summed E-state index contributed by atoms with van der Waals surface area (Å²) in [7, 11) is -3.67. The molecule has 0 aliphatic carbocycles. The van der Waals surface area contributed by atoms with Crippen molar-refractivity contribution in [3.63, 3.8) is 0 Å². The van der Waals surface area contributed by atoms with Gasteiger partial charge in [-0.2, -0.15) is 0 Å². The SMILES string of the molecule is OB(O)C(c1ccccc1)C(B(O)O)(c1ccccc1)c1ccccc1. The van der Waals surface area contributed by atoms with Crippen molar-refractivity contribution in [2.75, 3.05) is 0 Å². The van der Waals surface area contributed by atoms with Gasteiger partial charge in [-0.1, -0.05) is 91.0 Å². The van der Waals surface area contributed by atoms with E-state index in [4.69, 9.17) is 0 Å². The lowest BCUT2D eigenvalue weighted by atomic mass is 9.38. The Morgan fingerprint density at radius 1 is 0.577 bits per heavy atom. The molecule has 0 spiro atoms. The van der Waals surface area contributed by atoms with Crippen LogP contribution in [0.15, 0.2) is 91.0 Å². The van der Waals surface area contributed by atoms with Crippen LogP contribution in [-0.2, 0) is 5.31 Å². The van der Waals surface area contributed by atoms with Crippen molar-refractivity contribution < 1.29 is 20.1 Å². The Kier molecular flexibility index (Phi) is 5.59. The van der Waals surface area contributed by atoms with Crippen LogP contribution in [0.4, 0.5) is 0 Å². The molecule has 1 atom stereocenters. The molecule has 0 aliphatic rings. The van der Waals surface area contributed by atoms with Crippen LogP contribution in [-0.4, -0.2) is 34.3 Å². The van der Waals surface area contributed by atoms with Crippen molar-refractivity contribution in [1.82, 2.24) is 0 Å². The predicted octanol–water partition coefficient (Wildman–Crippen LogP) is 1.78. The third-order valence-electron chi connectivity index (χ3n) is 4.86. The molecule has 0 radical (unpaired) electrons. The molecule has 0 fully saturated rings. The molecule has 0 saturated heterocycles. The average molecular weight is 346 g/mol. The maximum absolute atomic E-state index is 10.6. The summed E-state index contributed by atoms with van der Waals surface area (Å²) in [6.07, 6.45) is 0. The van der Waals surface area contributed by atoms with Gasteiger partial charge in [0.25, 0.3) is 0 Å². The van der Waals surface area contributed by atoms with Crippen LogP contribution in [0.2, 0.25) is 0 Å². The van der Waals surface area contributed by atoms with Crippen molar-refractivity contribution in [3.8, 4) is 0 Å². The first-order valence-electron chi connectivity index (χ1n) is 8.46. The number of benzene rings is 3. The zero-order valence-corrected chi connectivity index (χ0v) is 14.2. The van der Waals surface area contributed by atoms with Crippen molar-refractivity contribution in [2.24, 2.45) is 0 Å². The maximum atomic E-state index is 10.6. The fourth-order valence-electron chi connectivity index (χ4n) is 3.74. The summed E-state index contributed by atoms with van der Waals surface area (Å²) in [5.41, 5.74) is 1.77. The highest BCUT2D eigenvalue weighted by Crippen LogP contribution is 2.46. The molecule has 0 aliphatic heterocycles. The second kappa shape index (κ2) is 7.89. The van der Waals surface area contributed by atoms with E-state index in [2.05, 4.69) is 0 Å². The van der Waals surface area contributed by atoms with Crippen LogP contribution >= 0.6 is 0 Å². The molecular weight excluding hydrogens is 326 g/mol. The molecule has 0 bridgehead atoms. The minimum Gasteiger partial charge on any atom is -0.427 e. The summed E-state index contributed by atoms with van der Waals surface area (Å²) in [6.45, 7) is 0. The molecule has 3 rings (SSSR count). The van der Waals surface area contributed by atoms with Gasteiger partial charge in [-0.15, -0.1) is 0 Å². The first-order chi connectivity index (χ1) is 12.6. The van der Waals surface area contributed by atoms with E-state index >= 15 is 0 Å². The second-order valence-electron chi connectivity index (χ2n) is 6.28. The van der Waals surface area contributed by atoms with Crippen LogP contribution in [0, 0.1) is 0 Å². The van der Waals surface area contributed by atoms with Gasteiger partial charge in [-0.05, 0) is 16.7 Å². The van der Waals surface area contributed by atoms with Crippen molar-refractivity contribution in [2.45, 2.75) is 11.1 Å². The van der Waals surface area contributed by atoms with Gasteiger partial charge in [0.05, 0.1) is 5.31 Å². The van der Waals surface area contributed by atoms with Crippen LogP contribution in [0.5, 0.6) is 0 Å². The molecule has 3 aromatic carbocycles. The summed E-state index contributed by atoms with van der Waals surface area (Å²) in [4.78, 5) is 0. The van der Waals surface area contributed by atoms with E-state index in [1.165, 1.54) is 0 Å². The molecule has 4 N–H and O–H groups in total. The lowest BCUT2D eigenvalue weighted by Crippen LogP contribution is -2.54. The Morgan fingerprint density at radius 2 is 0.962 bits per heavy atom. The highest BCUT2D eigenvalue weighted by atomic mass is 16.4. The molecule has 6 heteroatoms. The Balaban J connectivity index is 2.36. The molecule has 0 saturated carbocycles. The largest absolute Gasteiger partial charge is 0.467 e. The molecule has 4 nitrogen and oxygen atoms in total. The maximum Gasteiger partial charge on any atom is 0.467 e. The zero-order chi connectivity index (χ0) is 18.6. The van der Waals surface area contributed by atoms with Crippen molar-refractivity contribution in [3.05, 3.63) is 108 Å². The predicted molar refractivity (Wildman–Crippen MR) is 103 cm³/mol. The Morgan fingerprint density at radius 3 is 1.31 bits per heavy atom. The zero-order valence-electron chi connectivity index (χ0n) is 14.2. The molecule has 26 heavy (non-hydrogen) atoms. The van der Waals surface area contributed by atoms with Crippen LogP contribution in [0.1, 0.15) is 22.5 Å². The molecule has 0 amide bonds. The third-order valence-corrected chi connectivity index (χ3v) is 4.86. The summed E-state index contributed by atoms with van der Waals surface area (Å²) >= 11 is 0. The molecular formula is C20H20B2O4. The van der Waals surface area contributed by atoms with E-state index in [9.17, 15) is 20.1 Å². The van der Waals surface area contributed by atoms with Crippen LogP contribution < -0.4 is 0 Å². The normalized spacial score (nSPS) is 12.5. The van der Waals surface area contributed by atoms with Gasteiger partial charge < -0.3 is 20.1 Å². The third kappa shape index (κ3) is 3.20. The van der Waals surface area contributed by atoms with Gasteiger partial charge in [-0.3, -0.25) is 0 Å². The molecule has 0 aromatic heterocycles. The van der Waals surface area contributed by atoms with Gasteiger partial charge in [0.2, 0.25) is 0 Å². The lowest BCUT2D eigenvalue weighted by Gasteiger charge is -2.41. The summed E-state index contributed by atoms with van der Waals surface area (Å²) in [5, 5.41) is 40.3. The standard InChI is InChI=1S/C20H20B2O4/c23-21(24)19(16-10-4-1-5-11-16)20(22(25)26,17-12-6-2-7-13-17)18-14-8-3-9-15-18/h1-15,19,23-26H. The van der Waals surface area contributed by atoms with Gasteiger partial charge >= 0.3 is 14.2 Å². The Bertz CT molecular complexity index is 771. The second-order valence-corrected chi connectivity index (χ2v) is 6.28. The van der Waals surface area contributed by atoms with Gasteiger partial charge in [0.1, 0.15) is 0 Å². The van der Waals surface area contributed by atoms with E-state index in [1.54, 1.807) is 72.8 Å². The van der Waals surface area contributed by atoms with E-state index in [-0.39, 0.29) is 0 Å². The first kappa shape index (κ1) is 18.4. The summed E-state index contributed by atoms with van der Waals surface area (Å²) in [6, 6.07) is 26.8. The minimum absolute atomic E-state index is 0.586. The van der Waals surface area contributed by atoms with E-state index in [1.807, 2.05) is 18.2 Å². The highest BCUT2D eigenvalue weighted by molar-refractivity contribution is 6.54. The van der Waals surface area contributed by atoms with Gasteiger partial charge in [0.15, 0.2) is 0 Å². The fraction of sp³-hybridized carbons (Fsp3) is 0.100. The van der Waals surface area contributed by atoms with Crippen molar-refractivity contribution in [1.29, 1.82) is 0 Å². The molecule has 130 valence electrons. The Labute approximate surface area is 153 Å².